The highest BCUT2D eigenvalue weighted by Crippen LogP contribution is 2.30. The summed E-state index contributed by atoms with van der Waals surface area (Å²) in [4.78, 5) is 13.5. The summed E-state index contributed by atoms with van der Waals surface area (Å²) in [6.07, 6.45) is 2.40. The molecule has 36 heavy (non-hydrogen) atoms. The molecule has 3 aromatic carbocycles. The quantitative estimate of drug-likeness (QED) is 0.364. The fourth-order valence-corrected chi connectivity index (χ4v) is 5.89. The molecule has 0 saturated carbocycles. The van der Waals surface area contributed by atoms with E-state index in [1.165, 1.54) is 29.8 Å². The van der Waals surface area contributed by atoms with Gasteiger partial charge in [-0.15, -0.1) is 0 Å². The number of carbonyl (C=O) groups is 1. The first-order chi connectivity index (χ1) is 17.3. The lowest BCUT2D eigenvalue weighted by atomic mass is 9.86. The van der Waals surface area contributed by atoms with E-state index in [4.69, 9.17) is 11.6 Å². The number of hydrogen-bond donors (Lipinski definition) is 3. The van der Waals surface area contributed by atoms with Crippen molar-refractivity contribution in [3.05, 3.63) is 101 Å². The number of nitrogens with one attached hydrogen (secondary N) is 2. The maximum absolute atomic E-state index is 13.4. The molecule has 0 heterocycles. The molecular weight excluding hydrogens is 496 g/mol. The number of sulfonamides is 1. The summed E-state index contributed by atoms with van der Waals surface area (Å²) >= 11 is 5.85. The standard InChI is InChI=1S/C28H31ClN2O4S/c29-23-13-15-25(16-14-23)36(34,35)30-19-24(32)18-22(17-20-7-2-1-3-8-20)28(33)31-27-12-6-10-21-9-4-5-11-26(21)27/h1-5,7-9,11,13-16,22,24,27,30,32H,6,10,12,17-19H2,(H,31,33)/t22-,24+,27+/m1/s1. The Balaban J connectivity index is 1.44. The van der Waals surface area contributed by atoms with Gasteiger partial charge in [-0.1, -0.05) is 66.2 Å². The first-order valence-electron chi connectivity index (χ1n) is 12.2. The van der Waals surface area contributed by atoms with Gasteiger partial charge >= 0.3 is 0 Å². The van der Waals surface area contributed by atoms with E-state index in [2.05, 4.69) is 22.2 Å². The van der Waals surface area contributed by atoms with Gasteiger partial charge in [0.25, 0.3) is 0 Å². The van der Waals surface area contributed by atoms with Gasteiger partial charge in [0.1, 0.15) is 0 Å². The van der Waals surface area contributed by atoms with Gasteiger partial charge in [0.2, 0.25) is 15.9 Å². The van der Waals surface area contributed by atoms with E-state index in [9.17, 15) is 18.3 Å². The van der Waals surface area contributed by atoms with Crippen LogP contribution in [0.4, 0.5) is 0 Å². The summed E-state index contributed by atoms with van der Waals surface area (Å²) in [5.41, 5.74) is 3.38. The minimum Gasteiger partial charge on any atom is -0.392 e. The van der Waals surface area contributed by atoms with Crippen LogP contribution >= 0.6 is 11.6 Å². The first-order valence-corrected chi connectivity index (χ1v) is 14.0. The number of rotatable bonds is 10. The van der Waals surface area contributed by atoms with Crippen LogP contribution in [0.15, 0.2) is 83.8 Å². The van der Waals surface area contributed by atoms with E-state index in [-0.39, 0.29) is 29.8 Å². The zero-order chi connectivity index (χ0) is 25.5. The predicted molar refractivity (Wildman–Crippen MR) is 141 cm³/mol. The van der Waals surface area contributed by atoms with Crippen molar-refractivity contribution in [2.24, 2.45) is 5.92 Å². The Morgan fingerprint density at radius 3 is 2.44 bits per heavy atom. The molecule has 1 aliphatic carbocycles. The van der Waals surface area contributed by atoms with Gasteiger partial charge in [0, 0.05) is 17.5 Å². The van der Waals surface area contributed by atoms with Crippen LogP contribution in [-0.4, -0.2) is 32.1 Å². The molecule has 0 bridgehead atoms. The molecule has 0 aromatic heterocycles. The average Bonchev–Trinajstić information content (AvgIpc) is 2.88. The summed E-state index contributed by atoms with van der Waals surface area (Å²) in [7, 11) is -3.81. The molecule has 0 unspecified atom stereocenters. The van der Waals surface area contributed by atoms with E-state index in [0.29, 0.717) is 11.4 Å². The topological polar surface area (TPSA) is 95.5 Å². The van der Waals surface area contributed by atoms with Crippen molar-refractivity contribution in [1.82, 2.24) is 10.0 Å². The Bertz CT molecular complexity index is 1270. The lowest BCUT2D eigenvalue weighted by Gasteiger charge is -2.29. The number of hydrogen-bond acceptors (Lipinski definition) is 4. The van der Waals surface area contributed by atoms with Crippen LogP contribution < -0.4 is 10.0 Å². The van der Waals surface area contributed by atoms with Gasteiger partial charge in [-0.2, -0.15) is 0 Å². The third-order valence-electron chi connectivity index (χ3n) is 6.57. The van der Waals surface area contributed by atoms with Crippen LogP contribution in [0, 0.1) is 5.92 Å². The molecule has 0 saturated heterocycles. The van der Waals surface area contributed by atoms with Crippen molar-refractivity contribution in [2.45, 2.75) is 49.1 Å². The Morgan fingerprint density at radius 1 is 1.00 bits per heavy atom. The number of aliphatic hydroxyl groups excluding tert-OH is 1. The molecule has 190 valence electrons. The van der Waals surface area contributed by atoms with Crippen molar-refractivity contribution in [1.29, 1.82) is 0 Å². The summed E-state index contributed by atoms with van der Waals surface area (Å²) in [6.45, 7) is -0.199. The van der Waals surface area contributed by atoms with Crippen molar-refractivity contribution >= 4 is 27.5 Å². The average molecular weight is 527 g/mol. The smallest absolute Gasteiger partial charge is 0.240 e. The highest BCUT2D eigenvalue weighted by molar-refractivity contribution is 7.89. The SMILES string of the molecule is O=C(N[C@H]1CCCc2ccccc21)[C@H](Cc1ccccc1)C[C@H](O)CNS(=O)(=O)c1ccc(Cl)cc1. The largest absolute Gasteiger partial charge is 0.392 e. The maximum atomic E-state index is 13.4. The van der Waals surface area contributed by atoms with Crippen LogP contribution in [0.3, 0.4) is 0 Å². The normalized spacial score (nSPS) is 17.1. The number of amides is 1. The zero-order valence-electron chi connectivity index (χ0n) is 19.9. The molecule has 1 amide bonds. The van der Waals surface area contributed by atoms with Gasteiger partial charge in [-0.3, -0.25) is 4.79 Å². The number of aryl methyl sites for hydroxylation is 1. The monoisotopic (exact) mass is 526 g/mol. The Labute approximate surface area is 217 Å². The van der Waals surface area contributed by atoms with Crippen molar-refractivity contribution < 1.29 is 18.3 Å². The second kappa shape index (κ2) is 12.0. The molecule has 8 heteroatoms. The summed E-state index contributed by atoms with van der Waals surface area (Å²) in [5, 5.41) is 14.4. The van der Waals surface area contributed by atoms with Gasteiger partial charge in [0.05, 0.1) is 17.0 Å². The lowest BCUT2D eigenvalue weighted by molar-refractivity contribution is -0.126. The predicted octanol–water partition coefficient (Wildman–Crippen LogP) is 4.42. The molecule has 0 radical (unpaired) electrons. The third-order valence-corrected chi connectivity index (χ3v) is 8.26. The molecule has 1 aliphatic rings. The Morgan fingerprint density at radius 2 is 1.69 bits per heavy atom. The van der Waals surface area contributed by atoms with Gasteiger partial charge in [-0.05, 0) is 73.1 Å². The zero-order valence-corrected chi connectivity index (χ0v) is 21.5. The minimum absolute atomic E-state index is 0.0636. The van der Waals surface area contributed by atoms with E-state index in [1.807, 2.05) is 42.5 Å². The molecule has 0 spiro atoms. The van der Waals surface area contributed by atoms with Gasteiger partial charge < -0.3 is 10.4 Å². The van der Waals surface area contributed by atoms with Crippen LogP contribution in [0.2, 0.25) is 5.02 Å². The lowest BCUT2D eigenvalue weighted by Crippen LogP contribution is -2.40. The number of aliphatic hydroxyl groups is 1. The van der Waals surface area contributed by atoms with E-state index in [0.717, 1.165) is 30.4 Å². The van der Waals surface area contributed by atoms with Crippen molar-refractivity contribution in [2.75, 3.05) is 6.54 Å². The number of halogens is 1. The van der Waals surface area contributed by atoms with Crippen LogP contribution in [0.1, 0.15) is 42.0 Å². The van der Waals surface area contributed by atoms with E-state index >= 15 is 0 Å². The summed E-state index contributed by atoms with van der Waals surface area (Å²) in [6, 6.07) is 23.6. The molecular formula is C28H31ClN2O4S. The summed E-state index contributed by atoms with van der Waals surface area (Å²) in [5.74, 6) is -0.656. The molecule has 6 nitrogen and oxygen atoms in total. The molecule has 0 fully saturated rings. The Hall–Kier alpha value is -2.71. The molecule has 3 atom stereocenters. The second-order valence-corrected chi connectivity index (χ2v) is 11.4. The minimum atomic E-state index is -3.81. The first kappa shape index (κ1) is 26.4. The van der Waals surface area contributed by atoms with E-state index in [1.54, 1.807) is 0 Å². The fourth-order valence-electron chi connectivity index (χ4n) is 4.69. The highest BCUT2D eigenvalue weighted by Gasteiger charge is 2.28. The highest BCUT2D eigenvalue weighted by atomic mass is 35.5. The maximum Gasteiger partial charge on any atom is 0.240 e. The fraction of sp³-hybridized carbons (Fsp3) is 0.321. The van der Waals surface area contributed by atoms with Gasteiger partial charge in [0.15, 0.2) is 0 Å². The Kier molecular flexibility index (Phi) is 8.80. The number of benzene rings is 3. The number of carbonyl (C=O) groups excluding carboxylic acids is 1. The third kappa shape index (κ3) is 6.95. The van der Waals surface area contributed by atoms with Crippen molar-refractivity contribution in [3.8, 4) is 0 Å². The van der Waals surface area contributed by atoms with Crippen LogP contribution in [-0.2, 0) is 27.7 Å². The second-order valence-electron chi connectivity index (χ2n) is 9.23. The van der Waals surface area contributed by atoms with Crippen molar-refractivity contribution in [3.63, 3.8) is 0 Å². The molecule has 3 N–H and O–H groups in total. The van der Waals surface area contributed by atoms with Crippen LogP contribution in [0.25, 0.3) is 0 Å². The van der Waals surface area contributed by atoms with Crippen LogP contribution in [0.5, 0.6) is 0 Å². The molecule has 0 aliphatic heterocycles. The molecule has 3 aromatic rings. The van der Waals surface area contributed by atoms with E-state index < -0.39 is 22.0 Å². The summed E-state index contributed by atoms with van der Waals surface area (Å²) < 4.78 is 27.6. The van der Waals surface area contributed by atoms with Gasteiger partial charge in [-0.25, -0.2) is 13.1 Å². The number of fused-ring (bicyclic) bond motifs is 1. The molecule has 4 rings (SSSR count).